The maximum atomic E-state index is 4.23. The van der Waals surface area contributed by atoms with Crippen molar-refractivity contribution in [3.8, 4) is 0 Å². The molecule has 1 aromatic rings. The zero-order valence-corrected chi connectivity index (χ0v) is 11.3. The number of nitrogens with zero attached hydrogens (tertiary/aromatic N) is 1. The topological polar surface area (TPSA) is 3.24 Å². The van der Waals surface area contributed by atoms with Crippen molar-refractivity contribution in [2.45, 2.75) is 33.7 Å². The molecule has 0 saturated carbocycles. The Bertz CT molecular complexity index is 412. The Morgan fingerprint density at radius 3 is 2.53 bits per heavy atom. The van der Waals surface area contributed by atoms with E-state index in [0.717, 1.165) is 19.6 Å². The first kappa shape index (κ1) is 12.4. The van der Waals surface area contributed by atoms with E-state index < -0.39 is 0 Å². The fraction of sp³-hybridized carbons (Fsp3) is 0.500. The third kappa shape index (κ3) is 2.98. The van der Waals surface area contributed by atoms with Gasteiger partial charge in [0.1, 0.15) is 0 Å². The van der Waals surface area contributed by atoms with Gasteiger partial charge in [-0.05, 0) is 23.0 Å². The maximum Gasteiger partial charge on any atom is 0.0240 e. The summed E-state index contributed by atoms with van der Waals surface area (Å²) in [6.07, 6.45) is 1.17. The molecule has 1 heteroatoms. The zero-order chi connectivity index (χ0) is 12.5. The van der Waals surface area contributed by atoms with Crippen LogP contribution in [0.2, 0.25) is 0 Å². The lowest BCUT2D eigenvalue weighted by Crippen LogP contribution is -2.34. The summed E-state index contributed by atoms with van der Waals surface area (Å²) < 4.78 is 0. The third-order valence-corrected chi connectivity index (χ3v) is 3.68. The Balaban J connectivity index is 2.01. The monoisotopic (exact) mass is 229 g/mol. The number of benzene rings is 1. The van der Waals surface area contributed by atoms with E-state index >= 15 is 0 Å². The Morgan fingerprint density at radius 2 is 1.88 bits per heavy atom. The van der Waals surface area contributed by atoms with Crippen LogP contribution < -0.4 is 0 Å². The van der Waals surface area contributed by atoms with Gasteiger partial charge in [0.05, 0.1) is 0 Å². The highest BCUT2D eigenvalue weighted by Crippen LogP contribution is 2.26. The molecule has 0 aliphatic carbocycles. The molecule has 2 rings (SSSR count). The van der Waals surface area contributed by atoms with Crippen molar-refractivity contribution >= 4 is 0 Å². The molecule has 1 aliphatic rings. The Hall–Kier alpha value is -1.08. The number of rotatable bonds is 2. The van der Waals surface area contributed by atoms with E-state index in [2.05, 4.69) is 56.5 Å². The number of hydrogen-bond donors (Lipinski definition) is 0. The van der Waals surface area contributed by atoms with E-state index in [4.69, 9.17) is 0 Å². The van der Waals surface area contributed by atoms with Crippen molar-refractivity contribution in [2.75, 3.05) is 13.1 Å². The molecule has 0 spiro atoms. The summed E-state index contributed by atoms with van der Waals surface area (Å²) in [5, 5.41) is 0. The smallest absolute Gasteiger partial charge is 0.0240 e. The molecule has 0 saturated heterocycles. The van der Waals surface area contributed by atoms with E-state index in [9.17, 15) is 0 Å². The molecule has 0 unspecified atom stereocenters. The summed E-state index contributed by atoms with van der Waals surface area (Å²) in [7, 11) is 0. The van der Waals surface area contributed by atoms with Gasteiger partial charge in [-0.3, -0.25) is 4.90 Å². The maximum absolute atomic E-state index is 4.23. The Kier molecular flexibility index (Phi) is 3.39. The van der Waals surface area contributed by atoms with Crippen molar-refractivity contribution in [3.05, 3.63) is 47.5 Å². The van der Waals surface area contributed by atoms with E-state index in [1.165, 1.54) is 23.1 Å². The minimum Gasteiger partial charge on any atom is -0.295 e. The highest BCUT2D eigenvalue weighted by Gasteiger charge is 2.20. The van der Waals surface area contributed by atoms with Crippen LogP contribution in [-0.2, 0) is 13.0 Å². The van der Waals surface area contributed by atoms with E-state index in [1.54, 1.807) is 0 Å². The van der Waals surface area contributed by atoms with Crippen molar-refractivity contribution in [3.63, 3.8) is 0 Å². The molecule has 0 bridgehead atoms. The molecule has 17 heavy (non-hydrogen) atoms. The predicted octanol–water partition coefficient (Wildman–Crippen LogP) is 3.65. The average Bonchev–Trinajstić information content (AvgIpc) is 2.27. The van der Waals surface area contributed by atoms with Gasteiger partial charge in [0.15, 0.2) is 0 Å². The highest BCUT2D eigenvalue weighted by molar-refractivity contribution is 5.29. The van der Waals surface area contributed by atoms with E-state index in [0.29, 0.717) is 0 Å². The summed E-state index contributed by atoms with van der Waals surface area (Å²) in [6.45, 7) is 14.2. The Morgan fingerprint density at radius 1 is 1.24 bits per heavy atom. The SMILES string of the molecule is C=C(CN1CCc2ccccc2C1)C(C)(C)C. The van der Waals surface area contributed by atoms with Crippen LogP contribution in [0.1, 0.15) is 31.9 Å². The molecule has 0 atom stereocenters. The van der Waals surface area contributed by atoms with Gasteiger partial charge in [-0.1, -0.05) is 57.2 Å². The molecule has 1 aromatic carbocycles. The lowest BCUT2D eigenvalue weighted by atomic mass is 9.87. The third-order valence-electron chi connectivity index (χ3n) is 3.68. The van der Waals surface area contributed by atoms with Crippen molar-refractivity contribution in [2.24, 2.45) is 5.41 Å². The summed E-state index contributed by atoms with van der Waals surface area (Å²) in [6, 6.07) is 8.79. The lowest BCUT2D eigenvalue weighted by molar-refractivity contribution is 0.259. The van der Waals surface area contributed by atoms with Crippen LogP contribution >= 0.6 is 0 Å². The van der Waals surface area contributed by atoms with Gasteiger partial charge in [0.25, 0.3) is 0 Å². The van der Waals surface area contributed by atoms with Crippen LogP contribution in [0.15, 0.2) is 36.4 Å². The molecule has 0 amide bonds. The summed E-state index contributed by atoms with van der Waals surface area (Å²) in [5.41, 5.74) is 4.55. The quantitative estimate of drug-likeness (QED) is 0.700. The molecule has 0 radical (unpaired) electrons. The summed E-state index contributed by atoms with van der Waals surface area (Å²) >= 11 is 0. The number of fused-ring (bicyclic) bond motifs is 1. The second-order valence-corrected chi connectivity index (χ2v) is 6.08. The van der Waals surface area contributed by atoms with Crippen LogP contribution in [0.3, 0.4) is 0 Å². The van der Waals surface area contributed by atoms with Crippen LogP contribution in [0.4, 0.5) is 0 Å². The molecule has 0 fully saturated rings. The van der Waals surface area contributed by atoms with Crippen molar-refractivity contribution in [1.82, 2.24) is 4.90 Å². The second-order valence-electron chi connectivity index (χ2n) is 6.08. The van der Waals surface area contributed by atoms with Gasteiger partial charge < -0.3 is 0 Å². The van der Waals surface area contributed by atoms with Gasteiger partial charge in [-0.2, -0.15) is 0 Å². The molecule has 0 aromatic heterocycles. The Labute approximate surface area is 105 Å². The zero-order valence-electron chi connectivity index (χ0n) is 11.3. The second kappa shape index (κ2) is 4.66. The largest absolute Gasteiger partial charge is 0.295 e. The summed E-state index contributed by atoms with van der Waals surface area (Å²) in [4.78, 5) is 2.51. The lowest BCUT2D eigenvalue weighted by Gasteiger charge is -2.32. The molecular formula is C16H23N. The van der Waals surface area contributed by atoms with Crippen LogP contribution in [0, 0.1) is 5.41 Å². The molecule has 1 aliphatic heterocycles. The van der Waals surface area contributed by atoms with Gasteiger partial charge in [-0.15, -0.1) is 0 Å². The molecule has 1 nitrogen and oxygen atoms in total. The van der Waals surface area contributed by atoms with Gasteiger partial charge >= 0.3 is 0 Å². The van der Waals surface area contributed by atoms with Crippen LogP contribution in [0.25, 0.3) is 0 Å². The molecule has 1 heterocycles. The number of hydrogen-bond acceptors (Lipinski definition) is 1. The van der Waals surface area contributed by atoms with Crippen molar-refractivity contribution < 1.29 is 0 Å². The minimum absolute atomic E-state index is 0.219. The van der Waals surface area contributed by atoms with Crippen LogP contribution in [-0.4, -0.2) is 18.0 Å². The van der Waals surface area contributed by atoms with E-state index in [-0.39, 0.29) is 5.41 Å². The highest BCUT2D eigenvalue weighted by atomic mass is 15.1. The fourth-order valence-corrected chi connectivity index (χ4v) is 2.20. The van der Waals surface area contributed by atoms with Crippen LogP contribution in [0.5, 0.6) is 0 Å². The van der Waals surface area contributed by atoms with Gasteiger partial charge in [-0.25, -0.2) is 0 Å². The average molecular weight is 229 g/mol. The first-order valence-corrected chi connectivity index (χ1v) is 6.44. The minimum atomic E-state index is 0.219. The molecular weight excluding hydrogens is 206 g/mol. The first-order valence-electron chi connectivity index (χ1n) is 6.44. The van der Waals surface area contributed by atoms with Gasteiger partial charge in [0.2, 0.25) is 0 Å². The molecule has 92 valence electrons. The fourth-order valence-electron chi connectivity index (χ4n) is 2.20. The van der Waals surface area contributed by atoms with Crippen molar-refractivity contribution in [1.29, 1.82) is 0 Å². The van der Waals surface area contributed by atoms with E-state index in [1.807, 2.05) is 0 Å². The predicted molar refractivity (Wildman–Crippen MR) is 74.0 cm³/mol. The molecule has 0 N–H and O–H groups in total. The van der Waals surface area contributed by atoms with Gasteiger partial charge in [0, 0.05) is 19.6 Å². The summed E-state index contributed by atoms with van der Waals surface area (Å²) in [5.74, 6) is 0. The normalized spacial score (nSPS) is 16.6. The first-order chi connectivity index (χ1) is 7.97. The standard InChI is InChI=1S/C16H23N/c1-13(16(2,3)4)11-17-10-9-14-7-5-6-8-15(14)12-17/h5-8H,1,9-12H2,2-4H3.